The van der Waals surface area contributed by atoms with Gasteiger partial charge in [0.15, 0.2) is 0 Å². The molecule has 0 saturated heterocycles. The fourth-order valence-corrected chi connectivity index (χ4v) is 0.726. The van der Waals surface area contributed by atoms with Crippen LogP contribution in [0.4, 0.5) is 5.95 Å². The molecule has 1 rings (SSSR count). The zero-order chi connectivity index (χ0) is 8.81. The third-order valence-electron chi connectivity index (χ3n) is 1.22. The Labute approximate surface area is 70.1 Å². The van der Waals surface area contributed by atoms with Crippen LogP contribution < -0.4 is 5.73 Å². The first kappa shape index (κ1) is 8.39. The Morgan fingerprint density at radius 2 is 2.42 bits per heavy atom. The molecule has 0 atom stereocenters. The summed E-state index contributed by atoms with van der Waals surface area (Å²) in [6.07, 6.45) is 6.23. The molecule has 0 fully saturated rings. The lowest BCUT2D eigenvalue weighted by Gasteiger charge is -1.92. The monoisotopic (exact) mass is 163 g/mol. The highest BCUT2D eigenvalue weighted by atomic mass is 16.1. The quantitative estimate of drug-likeness (QED) is 0.664. The molecule has 12 heavy (non-hydrogen) atoms. The summed E-state index contributed by atoms with van der Waals surface area (Å²) in [4.78, 5) is 17.6. The molecule has 0 aromatic carbocycles. The number of nitrogen functional groups attached to an aromatic ring is 1. The first-order valence-corrected chi connectivity index (χ1v) is 3.51. The van der Waals surface area contributed by atoms with Gasteiger partial charge < -0.3 is 10.5 Å². The Hall–Kier alpha value is -1.71. The summed E-state index contributed by atoms with van der Waals surface area (Å²) in [5.41, 5.74) is 6.05. The first-order valence-electron chi connectivity index (χ1n) is 3.51. The maximum atomic E-state index is 9.95. The van der Waals surface area contributed by atoms with Gasteiger partial charge >= 0.3 is 0 Å². The number of rotatable bonds is 3. The van der Waals surface area contributed by atoms with Crippen molar-refractivity contribution in [1.29, 1.82) is 0 Å². The van der Waals surface area contributed by atoms with Crippen molar-refractivity contribution < 1.29 is 4.79 Å². The Morgan fingerprint density at radius 3 is 3.08 bits per heavy atom. The van der Waals surface area contributed by atoms with Gasteiger partial charge in [0.05, 0.1) is 5.69 Å². The number of hydrogen-bond acceptors (Lipinski definition) is 4. The number of carbonyl (C=O) groups excluding carboxylic acids is 1. The van der Waals surface area contributed by atoms with Crippen LogP contribution >= 0.6 is 0 Å². The SMILES string of the molecule is Nc1nccc(C=CCC=O)n1. The average Bonchev–Trinajstić information content (AvgIpc) is 2.05. The second kappa shape index (κ2) is 4.23. The second-order valence-electron chi connectivity index (χ2n) is 2.14. The first-order chi connectivity index (χ1) is 5.83. The van der Waals surface area contributed by atoms with Gasteiger partial charge in [-0.05, 0) is 12.1 Å². The van der Waals surface area contributed by atoms with Crippen LogP contribution in [0.15, 0.2) is 18.3 Å². The molecule has 0 aliphatic rings. The van der Waals surface area contributed by atoms with Gasteiger partial charge in [0, 0.05) is 12.6 Å². The van der Waals surface area contributed by atoms with Crippen LogP contribution in [0.1, 0.15) is 12.1 Å². The molecule has 0 saturated carbocycles. The minimum atomic E-state index is 0.239. The van der Waals surface area contributed by atoms with E-state index in [4.69, 9.17) is 5.73 Å². The number of aldehydes is 1. The number of nitrogens with zero attached hydrogens (tertiary/aromatic N) is 2. The normalized spacial score (nSPS) is 10.3. The summed E-state index contributed by atoms with van der Waals surface area (Å²) >= 11 is 0. The molecule has 0 spiro atoms. The lowest BCUT2D eigenvalue weighted by molar-refractivity contribution is -0.107. The van der Waals surface area contributed by atoms with Gasteiger partial charge in [0.1, 0.15) is 6.29 Å². The van der Waals surface area contributed by atoms with Gasteiger partial charge in [0.25, 0.3) is 0 Å². The maximum absolute atomic E-state index is 9.95. The van der Waals surface area contributed by atoms with Gasteiger partial charge in [0.2, 0.25) is 5.95 Å². The summed E-state index contributed by atoms with van der Waals surface area (Å²) in [5, 5.41) is 0. The van der Waals surface area contributed by atoms with Crippen molar-refractivity contribution in [1.82, 2.24) is 9.97 Å². The van der Waals surface area contributed by atoms with Gasteiger partial charge in [-0.3, -0.25) is 0 Å². The summed E-state index contributed by atoms with van der Waals surface area (Å²) in [7, 11) is 0. The molecule has 0 radical (unpaired) electrons. The number of nitrogens with two attached hydrogens (primary N) is 1. The summed E-state index contributed by atoms with van der Waals surface area (Å²) in [6.45, 7) is 0. The topological polar surface area (TPSA) is 68.9 Å². The van der Waals surface area contributed by atoms with Crippen LogP contribution in [0.2, 0.25) is 0 Å². The minimum Gasteiger partial charge on any atom is -0.368 e. The maximum Gasteiger partial charge on any atom is 0.220 e. The molecule has 0 bridgehead atoms. The summed E-state index contributed by atoms with van der Waals surface area (Å²) < 4.78 is 0. The average molecular weight is 163 g/mol. The predicted octanol–water partition coefficient (Wildman–Crippen LogP) is 0.661. The van der Waals surface area contributed by atoms with Gasteiger partial charge in [-0.2, -0.15) is 0 Å². The molecule has 1 aromatic heterocycles. The third-order valence-corrected chi connectivity index (χ3v) is 1.22. The van der Waals surface area contributed by atoms with E-state index in [1.165, 1.54) is 0 Å². The highest BCUT2D eigenvalue weighted by molar-refractivity contribution is 5.56. The lowest BCUT2D eigenvalue weighted by Crippen LogP contribution is -1.94. The highest BCUT2D eigenvalue weighted by Gasteiger charge is 1.88. The minimum absolute atomic E-state index is 0.239. The van der Waals surface area contributed by atoms with Gasteiger partial charge in [-0.25, -0.2) is 9.97 Å². The predicted molar refractivity (Wildman–Crippen MR) is 46.2 cm³/mol. The zero-order valence-electron chi connectivity index (χ0n) is 6.47. The smallest absolute Gasteiger partial charge is 0.220 e. The van der Waals surface area contributed by atoms with E-state index in [-0.39, 0.29) is 5.95 Å². The Morgan fingerprint density at radius 1 is 1.58 bits per heavy atom. The highest BCUT2D eigenvalue weighted by Crippen LogP contribution is 1.98. The van der Waals surface area contributed by atoms with Crippen LogP contribution in [-0.2, 0) is 4.79 Å². The molecule has 62 valence electrons. The Bertz CT molecular complexity index is 296. The molecule has 2 N–H and O–H groups in total. The largest absolute Gasteiger partial charge is 0.368 e. The van der Waals surface area contributed by atoms with E-state index in [1.54, 1.807) is 24.4 Å². The fraction of sp³-hybridized carbons (Fsp3) is 0.125. The van der Waals surface area contributed by atoms with Crippen LogP contribution in [0.5, 0.6) is 0 Å². The molecule has 1 heterocycles. The van der Waals surface area contributed by atoms with Gasteiger partial charge in [-0.15, -0.1) is 0 Å². The number of aromatic nitrogens is 2. The van der Waals surface area contributed by atoms with Gasteiger partial charge in [-0.1, -0.05) is 6.08 Å². The van der Waals surface area contributed by atoms with Crippen molar-refractivity contribution in [3.63, 3.8) is 0 Å². The third kappa shape index (κ3) is 2.49. The van der Waals surface area contributed by atoms with E-state index in [2.05, 4.69) is 9.97 Å². The van der Waals surface area contributed by atoms with E-state index in [9.17, 15) is 4.79 Å². The van der Waals surface area contributed by atoms with Crippen molar-refractivity contribution in [3.05, 3.63) is 24.0 Å². The van der Waals surface area contributed by atoms with Crippen molar-refractivity contribution in [3.8, 4) is 0 Å². The van der Waals surface area contributed by atoms with E-state index in [0.717, 1.165) is 6.29 Å². The van der Waals surface area contributed by atoms with E-state index < -0.39 is 0 Å². The molecule has 0 amide bonds. The number of anilines is 1. The number of carbonyl (C=O) groups is 1. The standard InChI is InChI=1S/C8H9N3O/c9-8-10-5-4-7(11-8)3-1-2-6-12/h1,3-6H,2H2,(H2,9,10,11). The van der Waals surface area contributed by atoms with Crippen LogP contribution in [0, 0.1) is 0 Å². The Kier molecular flexibility index (Phi) is 2.95. The van der Waals surface area contributed by atoms with Crippen LogP contribution in [0.3, 0.4) is 0 Å². The second-order valence-corrected chi connectivity index (χ2v) is 2.14. The number of allylic oxidation sites excluding steroid dienone is 1. The molecule has 0 unspecified atom stereocenters. The summed E-state index contributed by atoms with van der Waals surface area (Å²) in [5.74, 6) is 0.239. The van der Waals surface area contributed by atoms with Crippen molar-refractivity contribution >= 4 is 18.3 Å². The molecule has 1 aromatic rings. The molecule has 0 aliphatic carbocycles. The van der Waals surface area contributed by atoms with Crippen molar-refractivity contribution in [2.75, 3.05) is 5.73 Å². The van der Waals surface area contributed by atoms with Crippen LogP contribution in [0.25, 0.3) is 6.08 Å². The van der Waals surface area contributed by atoms with Crippen molar-refractivity contribution in [2.45, 2.75) is 6.42 Å². The molecule has 4 heteroatoms. The molecular formula is C8H9N3O. The molecule has 0 aliphatic heterocycles. The molecule has 4 nitrogen and oxygen atoms in total. The fourth-order valence-electron chi connectivity index (χ4n) is 0.726. The van der Waals surface area contributed by atoms with Crippen LogP contribution in [-0.4, -0.2) is 16.3 Å². The van der Waals surface area contributed by atoms with E-state index in [1.807, 2.05) is 0 Å². The summed E-state index contributed by atoms with van der Waals surface area (Å²) in [6, 6.07) is 1.72. The van der Waals surface area contributed by atoms with E-state index >= 15 is 0 Å². The van der Waals surface area contributed by atoms with Crippen molar-refractivity contribution in [2.24, 2.45) is 0 Å². The number of hydrogen-bond donors (Lipinski definition) is 1. The molecular weight excluding hydrogens is 154 g/mol. The van der Waals surface area contributed by atoms with E-state index in [0.29, 0.717) is 12.1 Å². The Balaban J connectivity index is 2.69. The zero-order valence-corrected chi connectivity index (χ0v) is 6.47. The lowest BCUT2D eigenvalue weighted by atomic mass is 10.3.